The molecule has 3 fully saturated rings. The number of rotatable bonds is 8. The monoisotopic (exact) mass is 574 g/mol. The predicted octanol–water partition coefficient (Wildman–Crippen LogP) is 5.84. The number of hydrogen-bond donors (Lipinski definition) is 0. The second kappa shape index (κ2) is 12.7. The van der Waals surface area contributed by atoms with Gasteiger partial charge in [-0.15, -0.1) is 11.6 Å². The third kappa shape index (κ3) is 6.44. The summed E-state index contributed by atoms with van der Waals surface area (Å²) in [5.41, 5.74) is 5.11. The van der Waals surface area contributed by atoms with Crippen molar-refractivity contribution in [1.82, 2.24) is 4.90 Å². The van der Waals surface area contributed by atoms with Gasteiger partial charge in [0, 0.05) is 44.3 Å². The van der Waals surface area contributed by atoms with Crippen molar-refractivity contribution >= 4 is 29.2 Å². The summed E-state index contributed by atoms with van der Waals surface area (Å²) in [7, 11) is 2.92. The molecule has 41 heavy (non-hydrogen) atoms. The summed E-state index contributed by atoms with van der Waals surface area (Å²) in [6.45, 7) is 5.24. The SMILES string of the molecule is COC(=O)C1(c2ccc(CCl)cc2)CC1.COC(=O)C1(c2ccc(CN3CCN(c4ccccc4)CC3)cc2)CC1. The van der Waals surface area contributed by atoms with E-state index in [1.54, 1.807) is 0 Å². The Labute approximate surface area is 248 Å². The van der Waals surface area contributed by atoms with Crippen LogP contribution in [-0.2, 0) is 42.3 Å². The van der Waals surface area contributed by atoms with Gasteiger partial charge in [0.15, 0.2) is 0 Å². The molecule has 6 nitrogen and oxygen atoms in total. The summed E-state index contributed by atoms with van der Waals surface area (Å²) in [5.74, 6) is 0.286. The zero-order valence-electron chi connectivity index (χ0n) is 24.0. The Kier molecular flexibility index (Phi) is 9.00. The molecule has 6 rings (SSSR count). The summed E-state index contributed by atoms with van der Waals surface area (Å²) in [6, 6.07) is 27.1. The van der Waals surface area contributed by atoms with Gasteiger partial charge < -0.3 is 14.4 Å². The van der Waals surface area contributed by atoms with Gasteiger partial charge in [-0.1, -0.05) is 66.7 Å². The van der Waals surface area contributed by atoms with Crippen LogP contribution < -0.4 is 4.90 Å². The fourth-order valence-corrected chi connectivity index (χ4v) is 5.94. The molecule has 3 aromatic rings. The molecule has 0 N–H and O–H groups in total. The Hall–Kier alpha value is -3.35. The normalized spacial score (nSPS) is 18.5. The minimum absolute atomic E-state index is 0.0951. The van der Waals surface area contributed by atoms with Crippen molar-refractivity contribution in [3.05, 3.63) is 101 Å². The van der Waals surface area contributed by atoms with Crippen LogP contribution in [0.4, 0.5) is 5.69 Å². The fourth-order valence-electron chi connectivity index (χ4n) is 5.77. The number of alkyl halides is 1. The second-order valence-electron chi connectivity index (χ2n) is 11.3. The highest BCUT2D eigenvalue weighted by Gasteiger charge is 2.53. The lowest BCUT2D eigenvalue weighted by Crippen LogP contribution is -2.45. The van der Waals surface area contributed by atoms with Crippen LogP contribution in [0.15, 0.2) is 78.9 Å². The summed E-state index contributed by atoms with van der Waals surface area (Å²) < 4.78 is 9.80. The van der Waals surface area contributed by atoms with Crippen LogP contribution in [-0.4, -0.2) is 57.2 Å². The number of para-hydroxylation sites is 1. The first kappa shape index (κ1) is 29.2. The number of esters is 2. The highest BCUT2D eigenvalue weighted by atomic mass is 35.5. The maximum atomic E-state index is 12.0. The van der Waals surface area contributed by atoms with Crippen molar-refractivity contribution < 1.29 is 19.1 Å². The lowest BCUT2D eigenvalue weighted by atomic mass is 9.95. The number of carbonyl (C=O) groups excluding carboxylic acids is 2. The smallest absolute Gasteiger partial charge is 0.316 e. The Morgan fingerprint density at radius 3 is 1.56 bits per heavy atom. The molecule has 0 atom stereocenters. The number of nitrogens with zero attached hydrogens (tertiary/aromatic N) is 2. The van der Waals surface area contributed by atoms with Gasteiger partial charge in [0.25, 0.3) is 0 Å². The third-order valence-electron chi connectivity index (χ3n) is 8.72. The molecule has 1 aliphatic heterocycles. The molecule has 0 aromatic heterocycles. The molecule has 0 radical (unpaired) electrons. The highest BCUT2D eigenvalue weighted by molar-refractivity contribution is 6.17. The van der Waals surface area contributed by atoms with Crippen molar-refractivity contribution in [1.29, 1.82) is 0 Å². The van der Waals surface area contributed by atoms with Crippen LogP contribution in [0, 0.1) is 0 Å². The summed E-state index contributed by atoms with van der Waals surface area (Å²) in [5, 5.41) is 0. The number of halogens is 1. The third-order valence-corrected chi connectivity index (χ3v) is 9.03. The molecule has 7 heteroatoms. The van der Waals surface area contributed by atoms with Crippen molar-refractivity contribution in [2.24, 2.45) is 0 Å². The Morgan fingerprint density at radius 1 is 0.683 bits per heavy atom. The van der Waals surface area contributed by atoms with Gasteiger partial charge in [-0.2, -0.15) is 0 Å². The predicted molar refractivity (Wildman–Crippen MR) is 162 cm³/mol. The molecular formula is C34H39ClN2O4. The average Bonchev–Trinajstić information content (AvgIpc) is 3.97. The van der Waals surface area contributed by atoms with E-state index < -0.39 is 0 Å². The maximum absolute atomic E-state index is 12.0. The molecule has 0 unspecified atom stereocenters. The van der Waals surface area contributed by atoms with E-state index in [1.807, 2.05) is 24.3 Å². The van der Waals surface area contributed by atoms with Gasteiger partial charge in [-0.05, 0) is 60.1 Å². The Morgan fingerprint density at radius 2 is 1.15 bits per heavy atom. The molecular weight excluding hydrogens is 536 g/mol. The van der Waals surface area contributed by atoms with Gasteiger partial charge in [0.2, 0.25) is 0 Å². The van der Waals surface area contributed by atoms with Crippen LogP contribution in [0.1, 0.15) is 47.9 Å². The molecule has 3 aromatic carbocycles. The van der Waals surface area contributed by atoms with E-state index in [-0.39, 0.29) is 22.8 Å². The van der Waals surface area contributed by atoms with Gasteiger partial charge in [0.1, 0.15) is 0 Å². The highest BCUT2D eigenvalue weighted by Crippen LogP contribution is 2.50. The van der Waals surface area contributed by atoms with E-state index >= 15 is 0 Å². The summed E-state index contributed by atoms with van der Waals surface area (Å²) in [6.07, 6.45) is 3.58. The van der Waals surface area contributed by atoms with E-state index in [4.69, 9.17) is 21.1 Å². The van der Waals surface area contributed by atoms with Crippen LogP contribution >= 0.6 is 11.6 Å². The molecule has 3 aliphatic rings. The van der Waals surface area contributed by atoms with Crippen LogP contribution in [0.5, 0.6) is 0 Å². The number of methoxy groups -OCH3 is 2. The summed E-state index contributed by atoms with van der Waals surface area (Å²) in [4.78, 5) is 28.6. The van der Waals surface area contributed by atoms with E-state index in [0.717, 1.165) is 75.1 Å². The molecule has 1 saturated heterocycles. The van der Waals surface area contributed by atoms with E-state index in [0.29, 0.717) is 5.88 Å². The van der Waals surface area contributed by atoms with Crippen molar-refractivity contribution in [2.45, 2.75) is 48.9 Å². The van der Waals surface area contributed by atoms with Crippen LogP contribution in [0.2, 0.25) is 0 Å². The Balaban J connectivity index is 0.000000191. The number of piperazine rings is 1. The maximum Gasteiger partial charge on any atom is 0.316 e. The van der Waals surface area contributed by atoms with Crippen molar-refractivity contribution in [3.63, 3.8) is 0 Å². The average molecular weight is 575 g/mol. The van der Waals surface area contributed by atoms with Gasteiger partial charge in [0.05, 0.1) is 25.0 Å². The number of anilines is 1. The lowest BCUT2D eigenvalue weighted by Gasteiger charge is -2.36. The molecule has 0 spiro atoms. The number of hydrogen-bond acceptors (Lipinski definition) is 6. The van der Waals surface area contributed by atoms with E-state index in [9.17, 15) is 9.59 Å². The standard InChI is InChI=1S/C22H26N2O2.C12H13ClO2/c1-26-21(25)22(11-12-22)19-9-7-18(8-10-19)17-23-13-15-24(16-14-23)20-5-3-2-4-6-20;1-15-11(14)12(6-7-12)10-4-2-9(8-13)3-5-10/h2-10H,11-17H2,1H3;2-5H,6-8H2,1H3. The first-order valence-electron chi connectivity index (χ1n) is 14.4. The molecule has 2 saturated carbocycles. The minimum Gasteiger partial charge on any atom is -0.468 e. The van der Waals surface area contributed by atoms with Crippen LogP contribution in [0.25, 0.3) is 0 Å². The minimum atomic E-state index is -0.366. The first-order valence-corrected chi connectivity index (χ1v) is 14.9. The van der Waals surface area contributed by atoms with E-state index in [1.165, 1.54) is 25.5 Å². The first-order chi connectivity index (χ1) is 19.9. The number of benzene rings is 3. The lowest BCUT2D eigenvalue weighted by molar-refractivity contribution is -0.144. The van der Waals surface area contributed by atoms with E-state index in [2.05, 4.69) is 64.4 Å². The fraction of sp³-hybridized carbons (Fsp3) is 0.412. The second-order valence-corrected chi connectivity index (χ2v) is 11.5. The summed E-state index contributed by atoms with van der Waals surface area (Å²) >= 11 is 5.71. The molecule has 0 amide bonds. The van der Waals surface area contributed by atoms with Gasteiger partial charge in [-0.25, -0.2) is 0 Å². The Bertz CT molecular complexity index is 1310. The topological polar surface area (TPSA) is 59.1 Å². The van der Waals surface area contributed by atoms with Crippen LogP contribution in [0.3, 0.4) is 0 Å². The van der Waals surface area contributed by atoms with Gasteiger partial charge >= 0.3 is 11.9 Å². The number of ether oxygens (including phenoxy) is 2. The quantitative estimate of drug-likeness (QED) is 0.249. The molecule has 1 heterocycles. The zero-order valence-corrected chi connectivity index (χ0v) is 24.7. The zero-order chi connectivity index (χ0) is 28.9. The number of carbonyl (C=O) groups is 2. The largest absolute Gasteiger partial charge is 0.468 e. The molecule has 216 valence electrons. The van der Waals surface area contributed by atoms with Crippen molar-refractivity contribution in [2.75, 3.05) is 45.3 Å². The van der Waals surface area contributed by atoms with Gasteiger partial charge in [-0.3, -0.25) is 14.5 Å². The molecule has 2 aliphatic carbocycles. The molecule has 0 bridgehead atoms. The van der Waals surface area contributed by atoms with Crippen molar-refractivity contribution in [3.8, 4) is 0 Å².